The lowest BCUT2D eigenvalue weighted by atomic mass is 10.1. The van der Waals surface area contributed by atoms with Crippen LogP contribution in [0.15, 0.2) is 29.6 Å². The first-order valence-corrected chi connectivity index (χ1v) is 5.62. The predicted molar refractivity (Wildman–Crippen MR) is 60.7 cm³/mol. The van der Waals surface area contributed by atoms with Crippen molar-refractivity contribution in [3.8, 4) is 5.75 Å². The summed E-state index contributed by atoms with van der Waals surface area (Å²) in [6, 6.07) is 4.50. The van der Waals surface area contributed by atoms with Gasteiger partial charge in [0.2, 0.25) is 5.78 Å². The molecular weight excluding hydrogens is 246 g/mol. The van der Waals surface area contributed by atoms with Crippen LogP contribution in [0.3, 0.4) is 0 Å². The van der Waals surface area contributed by atoms with Crippen molar-refractivity contribution in [2.45, 2.75) is 0 Å². The lowest BCUT2D eigenvalue weighted by Crippen LogP contribution is -2.04. The van der Waals surface area contributed by atoms with Gasteiger partial charge >= 0.3 is 0 Å². The number of ketones is 1. The molecule has 0 spiro atoms. The lowest BCUT2D eigenvalue weighted by Gasteiger charge is -2.03. The van der Waals surface area contributed by atoms with Gasteiger partial charge in [-0.05, 0) is 23.6 Å². The predicted octanol–water partition coefficient (Wildman–Crippen LogP) is 3.27. The van der Waals surface area contributed by atoms with E-state index in [9.17, 15) is 13.6 Å². The molecule has 0 fully saturated rings. The van der Waals surface area contributed by atoms with Crippen LogP contribution < -0.4 is 4.74 Å². The van der Waals surface area contributed by atoms with Gasteiger partial charge in [0.25, 0.3) is 0 Å². The number of methoxy groups -OCH3 is 1. The Morgan fingerprint density at radius 1 is 1.29 bits per heavy atom. The van der Waals surface area contributed by atoms with Crippen LogP contribution in [0.5, 0.6) is 5.75 Å². The maximum absolute atomic E-state index is 13.4. The van der Waals surface area contributed by atoms with Crippen LogP contribution in [0.1, 0.15) is 15.2 Å². The number of halogens is 2. The van der Waals surface area contributed by atoms with Crippen molar-refractivity contribution >= 4 is 17.1 Å². The first kappa shape index (κ1) is 11.7. The van der Waals surface area contributed by atoms with Gasteiger partial charge < -0.3 is 4.74 Å². The molecule has 5 heteroatoms. The Balaban J connectivity index is 2.44. The first-order valence-electron chi connectivity index (χ1n) is 4.74. The molecule has 0 saturated carbocycles. The van der Waals surface area contributed by atoms with Crippen LogP contribution in [0, 0.1) is 11.6 Å². The number of rotatable bonds is 3. The largest absolute Gasteiger partial charge is 0.495 e. The second-order valence-electron chi connectivity index (χ2n) is 3.27. The summed E-state index contributed by atoms with van der Waals surface area (Å²) in [5.74, 6) is -1.69. The number of carbonyl (C=O) groups is 1. The Hall–Kier alpha value is -1.75. The van der Waals surface area contributed by atoms with E-state index in [0.29, 0.717) is 16.7 Å². The Kier molecular flexibility index (Phi) is 3.19. The van der Waals surface area contributed by atoms with Crippen LogP contribution in [0.25, 0.3) is 0 Å². The summed E-state index contributed by atoms with van der Waals surface area (Å²) in [4.78, 5) is 12.3. The summed E-state index contributed by atoms with van der Waals surface area (Å²) in [6.07, 6.45) is 0. The number of thiophene rings is 1. The van der Waals surface area contributed by atoms with Gasteiger partial charge in [0.1, 0.15) is 22.3 Å². The minimum Gasteiger partial charge on any atom is -0.495 e. The molecule has 2 aromatic rings. The summed E-state index contributed by atoms with van der Waals surface area (Å²) in [7, 11) is 1.43. The molecule has 0 amide bonds. The summed E-state index contributed by atoms with van der Waals surface area (Å²) in [5.41, 5.74) is -0.160. The van der Waals surface area contributed by atoms with Crippen LogP contribution in [-0.2, 0) is 0 Å². The summed E-state index contributed by atoms with van der Waals surface area (Å²) in [6.45, 7) is 0. The highest BCUT2D eigenvalue weighted by atomic mass is 32.1. The number of benzene rings is 1. The molecule has 0 N–H and O–H groups in total. The molecule has 0 unspecified atom stereocenters. The Labute approximate surface area is 100 Å². The SMILES string of the molecule is COc1ccsc1C(=O)c1ccc(F)cc1F. The van der Waals surface area contributed by atoms with Gasteiger partial charge in [0.15, 0.2) is 0 Å². The van der Waals surface area contributed by atoms with E-state index >= 15 is 0 Å². The molecule has 2 rings (SSSR count). The van der Waals surface area contributed by atoms with Crippen molar-refractivity contribution < 1.29 is 18.3 Å². The summed E-state index contributed by atoms with van der Waals surface area (Å²) in [5, 5.41) is 1.67. The molecule has 1 heterocycles. The molecule has 88 valence electrons. The fourth-order valence-electron chi connectivity index (χ4n) is 1.42. The van der Waals surface area contributed by atoms with E-state index < -0.39 is 17.4 Å². The minimum atomic E-state index is -0.870. The van der Waals surface area contributed by atoms with Crippen LogP contribution in [-0.4, -0.2) is 12.9 Å². The maximum Gasteiger partial charge on any atom is 0.209 e. The summed E-state index contributed by atoms with van der Waals surface area (Å²) < 4.78 is 31.1. The van der Waals surface area contributed by atoms with Gasteiger partial charge in [0.05, 0.1) is 12.7 Å². The highest BCUT2D eigenvalue weighted by Crippen LogP contribution is 2.28. The first-order chi connectivity index (χ1) is 8.13. The van der Waals surface area contributed by atoms with Gasteiger partial charge in [-0.25, -0.2) is 8.78 Å². The molecule has 1 aromatic carbocycles. The Bertz CT molecular complexity index is 563. The molecular formula is C12H8F2O2S. The monoisotopic (exact) mass is 254 g/mol. The quantitative estimate of drug-likeness (QED) is 0.786. The number of carbonyl (C=O) groups excluding carboxylic acids is 1. The average molecular weight is 254 g/mol. The zero-order valence-corrected chi connectivity index (χ0v) is 9.68. The van der Waals surface area contributed by atoms with Crippen LogP contribution in [0.4, 0.5) is 8.78 Å². The topological polar surface area (TPSA) is 26.3 Å². The van der Waals surface area contributed by atoms with Gasteiger partial charge in [-0.3, -0.25) is 4.79 Å². The minimum absolute atomic E-state index is 0.160. The standard InChI is InChI=1S/C12H8F2O2S/c1-16-10-4-5-17-12(10)11(15)8-3-2-7(13)6-9(8)14/h2-6H,1H3. The van der Waals surface area contributed by atoms with Gasteiger partial charge in [-0.1, -0.05) is 0 Å². The van der Waals surface area contributed by atoms with E-state index in [1.807, 2.05) is 0 Å². The third kappa shape index (κ3) is 2.19. The van der Waals surface area contributed by atoms with Crippen LogP contribution in [0.2, 0.25) is 0 Å². The fraction of sp³-hybridized carbons (Fsp3) is 0.0833. The smallest absolute Gasteiger partial charge is 0.209 e. The molecule has 2 nitrogen and oxygen atoms in total. The molecule has 0 aliphatic heterocycles. The molecule has 0 atom stereocenters. The van der Waals surface area contributed by atoms with Gasteiger partial charge in [0, 0.05) is 6.07 Å². The molecule has 0 radical (unpaired) electrons. The van der Waals surface area contributed by atoms with Crippen molar-refractivity contribution in [3.63, 3.8) is 0 Å². The molecule has 1 aromatic heterocycles. The molecule has 0 bridgehead atoms. The summed E-state index contributed by atoms with van der Waals surface area (Å²) >= 11 is 1.16. The van der Waals surface area contributed by atoms with Crippen molar-refractivity contribution in [1.82, 2.24) is 0 Å². The lowest BCUT2D eigenvalue weighted by molar-refractivity contribution is 0.103. The number of hydrogen-bond donors (Lipinski definition) is 0. The Morgan fingerprint density at radius 2 is 2.06 bits per heavy atom. The Morgan fingerprint density at radius 3 is 2.71 bits per heavy atom. The van der Waals surface area contributed by atoms with Gasteiger partial charge in [-0.15, -0.1) is 11.3 Å². The fourth-order valence-corrected chi connectivity index (χ4v) is 2.23. The van der Waals surface area contributed by atoms with E-state index in [1.54, 1.807) is 11.4 Å². The highest BCUT2D eigenvalue weighted by molar-refractivity contribution is 7.12. The van der Waals surface area contributed by atoms with Crippen LogP contribution >= 0.6 is 11.3 Å². The number of hydrogen-bond acceptors (Lipinski definition) is 3. The third-order valence-corrected chi connectivity index (χ3v) is 3.13. The van der Waals surface area contributed by atoms with Gasteiger partial charge in [-0.2, -0.15) is 0 Å². The molecule has 0 aliphatic carbocycles. The zero-order chi connectivity index (χ0) is 12.4. The normalized spacial score (nSPS) is 10.3. The highest BCUT2D eigenvalue weighted by Gasteiger charge is 2.19. The van der Waals surface area contributed by atoms with Crippen molar-refractivity contribution in [2.75, 3.05) is 7.11 Å². The number of ether oxygens (including phenoxy) is 1. The molecule has 17 heavy (non-hydrogen) atoms. The van der Waals surface area contributed by atoms with Crippen molar-refractivity contribution in [2.24, 2.45) is 0 Å². The second kappa shape index (κ2) is 4.63. The van der Waals surface area contributed by atoms with E-state index in [0.717, 1.165) is 23.5 Å². The average Bonchev–Trinajstić information content (AvgIpc) is 2.76. The van der Waals surface area contributed by atoms with E-state index in [1.165, 1.54) is 7.11 Å². The molecule has 0 aliphatic rings. The molecule has 0 saturated heterocycles. The maximum atomic E-state index is 13.4. The van der Waals surface area contributed by atoms with Crippen molar-refractivity contribution in [3.05, 3.63) is 51.7 Å². The van der Waals surface area contributed by atoms with E-state index in [-0.39, 0.29) is 5.56 Å². The second-order valence-corrected chi connectivity index (χ2v) is 4.19. The van der Waals surface area contributed by atoms with Crippen molar-refractivity contribution in [1.29, 1.82) is 0 Å². The third-order valence-electron chi connectivity index (χ3n) is 2.23. The van der Waals surface area contributed by atoms with E-state index in [2.05, 4.69) is 0 Å². The van der Waals surface area contributed by atoms with E-state index in [4.69, 9.17) is 4.74 Å². The zero-order valence-electron chi connectivity index (χ0n) is 8.87.